The third kappa shape index (κ3) is 19.2. The van der Waals surface area contributed by atoms with E-state index in [-0.39, 0.29) is 82.3 Å². The lowest BCUT2D eigenvalue weighted by Crippen LogP contribution is -2.44. The summed E-state index contributed by atoms with van der Waals surface area (Å²) in [4.78, 5) is 94.6. The number of nitrogens with one attached hydrogen (secondary N) is 7. The number of aromatic hydroxyl groups is 3. The van der Waals surface area contributed by atoms with Crippen molar-refractivity contribution in [3.8, 4) is 23.0 Å². The van der Waals surface area contributed by atoms with Gasteiger partial charge in [0.25, 0.3) is 17.7 Å². The Morgan fingerprint density at radius 1 is 0.474 bits per heavy atom. The summed E-state index contributed by atoms with van der Waals surface area (Å²) >= 11 is 0. The van der Waals surface area contributed by atoms with E-state index < -0.39 is 83.2 Å². The molecule has 0 aliphatic carbocycles. The van der Waals surface area contributed by atoms with Gasteiger partial charge in [-0.15, -0.1) is 0 Å². The molecule has 0 spiro atoms. The highest BCUT2D eigenvalue weighted by Crippen LogP contribution is 2.30. The number of hydrogen-bond donors (Lipinski definition) is 17. The number of aliphatic hydroxyl groups excluding tert-OH is 1. The Hall–Kier alpha value is -8.07. The monoisotopic (exact) mass is 1090 g/mol. The summed E-state index contributed by atoms with van der Waals surface area (Å²) in [5.74, 6) is -6.15. The molecule has 1 unspecified atom stereocenters. The Labute approximate surface area is 451 Å². The zero-order valence-electron chi connectivity index (χ0n) is 43.6. The minimum atomic E-state index is -1.27. The molecule has 424 valence electrons. The number of aliphatic hydroxyl groups is 1. The number of phenolic OH excluding ortho intramolecular Hbond substituents is 3. The van der Waals surface area contributed by atoms with Crippen molar-refractivity contribution < 1.29 is 58.7 Å². The van der Waals surface area contributed by atoms with Gasteiger partial charge in [0, 0.05) is 28.3 Å². The van der Waals surface area contributed by atoms with Gasteiger partial charge in [0.15, 0.2) is 0 Å². The Morgan fingerprint density at radius 2 is 0.808 bits per heavy atom. The van der Waals surface area contributed by atoms with E-state index in [0.717, 1.165) is 12.1 Å². The standard InChI is InChI=1S/C53H75N13O12/c1-78-45-21-17-30(46(59)70)26-41(45)66-53(77)37(13-5-9-25-57)62-49(73)33-16-20-44(69)40(29-33)65-52(76)36(12-4-8-24-56)61-48(72)32-15-19-43(68)39(28-32)64-51(75)35(11-3-7-23-55)60-47(71)31-14-18-42(67)38(27-31)63-50(74)34(58)10-2-6-22-54/h14-21,26-29,34-37,50,63,67-69,74H,2-13,22-25,54-58H2,1H3,(H2,59,70)(H,60,71)(H,61,72)(H,62,73)(H,64,75)(H,65,76)(H,66,77)/t34-,35-,36-,37-,50?/m1/s1. The third-order valence-corrected chi connectivity index (χ3v) is 12.4. The zero-order valence-corrected chi connectivity index (χ0v) is 43.6. The van der Waals surface area contributed by atoms with Gasteiger partial charge in [-0.25, -0.2) is 0 Å². The van der Waals surface area contributed by atoms with Crippen LogP contribution < -0.4 is 76.4 Å². The summed E-state index contributed by atoms with van der Waals surface area (Å²) in [6.07, 6.45) is 3.61. The lowest BCUT2D eigenvalue weighted by atomic mass is 10.1. The summed E-state index contributed by atoms with van der Waals surface area (Å²) < 4.78 is 5.33. The average molecular weight is 1090 g/mol. The van der Waals surface area contributed by atoms with E-state index in [0.29, 0.717) is 77.4 Å². The number of rotatable bonds is 33. The fourth-order valence-electron chi connectivity index (χ4n) is 7.92. The van der Waals surface area contributed by atoms with Crippen LogP contribution in [0.15, 0.2) is 72.8 Å². The number of benzene rings is 4. The summed E-state index contributed by atoms with van der Waals surface area (Å²) in [6.45, 7) is 1.36. The highest BCUT2D eigenvalue weighted by Gasteiger charge is 2.28. The number of carbonyl (C=O) groups is 7. The van der Waals surface area contributed by atoms with E-state index in [4.69, 9.17) is 39.1 Å². The van der Waals surface area contributed by atoms with Crippen molar-refractivity contribution in [3.63, 3.8) is 0 Å². The quantitative estimate of drug-likeness (QED) is 0.0183. The molecule has 4 aromatic rings. The van der Waals surface area contributed by atoms with Gasteiger partial charge < -0.3 is 96.8 Å². The number of nitrogens with two attached hydrogens (primary N) is 6. The molecule has 23 N–H and O–H groups in total. The fraction of sp³-hybridized carbons (Fsp3) is 0.415. The van der Waals surface area contributed by atoms with Crippen LogP contribution in [0.3, 0.4) is 0 Å². The molecule has 0 radical (unpaired) electrons. The number of hydrogen-bond acceptors (Lipinski definition) is 18. The molecule has 4 aromatic carbocycles. The van der Waals surface area contributed by atoms with Crippen LogP contribution >= 0.6 is 0 Å². The summed E-state index contributed by atoms with van der Waals surface area (Å²) in [7, 11) is 1.37. The lowest BCUT2D eigenvalue weighted by molar-refractivity contribution is -0.118. The van der Waals surface area contributed by atoms with Crippen LogP contribution in [0.2, 0.25) is 0 Å². The molecule has 0 saturated heterocycles. The molecule has 0 heterocycles. The molecule has 78 heavy (non-hydrogen) atoms. The highest BCUT2D eigenvalue weighted by atomic mass is 16.5. The first-order valence-corrected chi connectivity index (χ1v) is 25.7. The van der Waals surface area contributed by atoms with Gasteiger partial charge in [-0.3, -0.25) is 33.6 Å². The van der Waals surface area contributed by atoms with Gasteiger partial charge in [-0.1, -0.05) is 6.42 Å². The molecule has 0 aliphatic heterocycles. The van der Waals surface area contributed by atoms with E-state index in [9.17, 15) is 54.0 Å². The zero-order chi connectivity index (χ0) is 57.3. The molecule has 0 aromatic heterocycles. The maximum absolute atomic E-state index is 14.0. The molecule has 0 bridgehead atoms. The molecular weight excluding hydrogens is 1010 g/mol. The number of unbranched alkanes of at least 4 members (excludes halogenated alkanes) is 4. The first kappa shape index (κ1) is 62.5. The second-order valence-corrected chi connectivity index (χ2v) is 18.4. The average Bonchev–Trinajstić information content (AvgIpc) is 3.42. The predicted molar refractivity (Wildman–Crippen MR) is 295 cm³/mol. The first-order valence-electron chi connectivity index (χ1n) is 25.7. The molecule has 5 atom stereocenters. The second-order valence-electron chi connectivity index (χ2n) is 18.4. The van der Waals surface area contributed by atoms with Crippen molar-refractivity contribution in [1.82, 2.24) is 16.0 Å². The molecule has 0 fully saturated rings. The summed E-state index contributed by atoms with van der Waals surface area (Å²) in [5.41, 5.74) is 33.9. The molecule has 25 nitrogen and oxygen atoms in total. The number of phenols is 3. The second kappa shape index (κ2) is 31.9. The molecule has 4 rings (SSSR count). The van der Waals surface area contributed by atoms with Gasteiger partial charge in [-0.2, -0.15) is 0 Å². The summed E-state index contributed by atoms with van der Waals surface area (Å²) in [5, 5.41) is 61.4. The van der Waals surface area contributed by atoms with Crippen molar-refractivity contribution >= 4 is 64.1 Å². The van der Waals surface area contributed by atoms with Crippen LogP contribution in [0, 0.1) is 0 Å². The van der Waals surface area contributed by atoms with Crippen LogP contribution in [-0.2, 0) is 14.4 Å². The summed E-state index contributed by atoms with van der Waals surface area (Å²) in [6, 6.07) is 11.0. The largest absolute Gasteiger partial charge is 0.506 e. The van der Waals surface area contributed by atoms with Crippen LogP contribution in [0.25, 0.3) is 0 Å². The van der Waals surface area contributed by atoms with Crippen LogP contribution in [0.5, 0.6) is 23.0 Å². The number of primary amides is 1. The van der Waals surface area contributed by atoms with Gasteiger partial charge in [-0.05, 0) is 170 Å². The normalized spacial score (nSPS) is 12.9. The van der Waals surface area contributed by atoms with E-state index in [1.54, 1.807) is 0 Å². The van der Waals surface area contributed by atoms with Crippen LogP contribution in [0.4, 0.5) is 22.7 Å². The van der Waals surface area contributed by atoms with Gasteiger partial charge in [0.1, 0.15) is 47.4 Å². The van der Waals surface area contributed by atoms with E-state index in [2.05, 4.69) is 37.2 Å². The highest BCUT2D eigenvalue weighted by molar-refractivity contribution is 6.06. The van der Waals surface area contributed by atoms with Crippen molar-refractivity contribution in [1.29, 1.82) is 0 Å². The maximum atomic E-state index is 14.0. The topological polar surface area (TPSA) is 450 Å². The Morgan fingerprint density at radius 3 is 1.18 bits per heavy atom. The van der Waals surface area contributed by atoms with Crippen LogP contribution in [-0.4, -0.2) is 125 Å². The van der Waals surface area contributed by atoms with Gasteiger partial charge >= 0.3 is 0 Å². The third-order valence-electron chi connectivity index (χ3n) is 12.4. The van der Waals surface area contributed by atoms with Crippen molar-refractivity contribution in [3.05, 3.63) is 95.1 Å². The van der Waals surface area contributed by atoms with Crippen LogP contribution in [0.1, 0.15) is 118 Å². The molecular formula is C53H75N13O12. The van der Waals surface area contributed by atoms with Gasteiger partial charge in [0.2, 0.25) is 23.6 Å². The smallest absolute Gasteiger partial charge is 0.252 e. The number of ether oxygens (including phenoxy) is 1. The number of anilines is 4. The molecule has 0 saturated carbocycles. The fourth-order valence-corrected chi connectivity index (χ4v) is 7.92. The Kier molecular flexibility index (Phi) is 25.5. The minimum Gasteiger partial charge on any atom is -0.506 e. The van der Waals surface area contributed by atoms with E-state index >= 15 is 0 Å². The first-order chi connectivity index (χ1) is 37.3. The number of methoxy groups -OCH3 is 1. The van der Waals surface area contributed by atoms with E-state index in [1.165, 1.54) is 67.8 Å². The number of carbonyl (C=O) groups excluding carboxylic acids is 7. The molecule has 25 heteroatoms. The minimum absolute atomic E-state index is 0.0132. The predicted octanol–water partition coefficient (Wildman–Crippen LogP) is 1.70. The Bertz CT molecular complexity index is 2690. The molecule has 0 aliphatic rings. The number of amides is 7. The van der Waals surface area contributed by atoms with Crippen molar-refractivity contribution in [2.45, 2.75) is 107 Å². The SMILES string of the molecule is COc1ccc(C(N)=O)cc1NC(=O)[C@@H](CCCCN)NC(=O)c1ccc(O)c(NC(=O)[C@@H](CCCCN)NC(=O)c2ccc(O)c(NC(=O)[C@@H](CCCCN)NC(=O)c3ccc(O)c(NC(O)[C@H](N)CCCCN)c3)c2)c1. The van der Waals surface area contributed by atoms with Crippen molar-refractivity contribution in [2.24, 2.45) is 34.4 Å². The lowest BCUT2D eigenvalue weighted by Gasteiger charge is -2.22. The Balaban J connectivity index is 1.50. The molecule has 7 amide bonds. The van der Waals surface area contributed by atoms with E-state index in [1.807, 2.05) is 0 Å². The van der Waals surface area contributed by atoms with Gasteiger partial charge in [0.05, 0.1) is 29.9 Å². The maximum Gasteiger partial charge on any atom is 0.252 e. The van der Waals surface area contributed by atoms with Crippen molar-refractivity contribution in [2.75, 3.05) is 54.6 Å².